The van der Waals surface area contributed by atoms with Gasteiger partial charge in [0.1, 0.15) is 5.01 Å². The van der Waals surface area contributed by atoms with Crippen molar-refractivity contribution in [3.8, 4) is 10.6 Å². The number of aryl methyl sites for hydroxylation is 1. The van der Waals surface area contributed by atoms with Gasteiger partial charge < -0.3 is 0 Å². The maximum Gasteiger partial charge on any atom is 0.123 e. The van der Waals surface area contributed by atoms with E-state index in [2.05, 4.69) is 17.3 Å². The Balaban J connectivity index is 2.31. The summed E-state index contributed by atoms with van der Waals surface area (Å²) in [6.45, 7) is 2.15. The molecule has 0 atom stereocenters. The third-order valence-corrected chi connectivity index (χ3v) is 3.90. The first kappa shape index (κ1) is 11.9. The summed E-state index contributed by atoms with van der Waals surface area (Å²) in [6, 6.07) is 5.61. The summed E-state index contributed by atoms with van der Waals surface area (Å²) in [7, 11) is 0. The topological polar surface area (TPSA) is 12.9 Å². The molecule has 0 aliphatic carbocycles. The smallest absolute Gasteiger partial charge is 0.123 e. The van der Waals surface area contributed by atoms with Gasteiger partial charge in [0.05, 0.1) is 15.7 Å². The third-order valence-electron chi connectivity index (χ3n) is 2.22. The Morgan fingerprint density at radius 1 is 1.25 bits per heavy atom. The van der Waals surface area contributed by atoms with Gasteiger partial charge in [0, 0.05) is 10.9 Å². The molecule has 0 spiro atoms. The van der Waals surface area contributed by atoms with E-state index in [0.29, 0.717) is 10.0 Å². The molecule has 0 saturated carbocycles. The third kappa shape index (κ3) is 2.57. The summed E-state index contributed by atoms with van der Waals surface area (Å²) in [4.78, 5) is 4.56. The second-order valence-corrected chi connectivity index (χ2v) is 5.20. The van der Waals surface area contributed by atoms with E-state index >= 15 is 0 Å². The molecule has 1 heterocycles. The zero-order valence-corrected chi connectivity index (χ0v) is 11.2. The van der Waals surface area contributed by atoms with Crippen molar-refractivity contribution in [2.24, 2.45) is 0 Å². The maximum absolute atomic E-state index is 5.98. The molecule has 0 bridgehead atoms. The SMILES string of the molecule is CCCc1csc(-c2ccc(Cl)c(Cl)c2)n1. The lowest BCUT2D eigenvalue weighted by Gasteiger charge is -1.99. The maximum atomic E-state index is 5.98. The summed E-state index contributed by atoms with van der Waals surface area (Å²) < 4.78 is 0. The van der Waals surface area contributed by atoms with Crippen molar-refractivity contribution in [1.29, 1.82) is 0 Å². The van der Waals surface area contributed by atoms with Gasteiger partial charge in [0.25, 0.3) is 0 Å². The summed E-state index contributed by atoms with van der Waals surface area (Å²) in [6.07, 6.45) is 2.14. The molecular formula is C12H11Cl2NS. The van der Waals surface area contributed by atoms with Crippen LogP contribution in [0.15, 0.2) is 23.6 Å². The van der Waals surface area contributed by atoms with Crippen LogP contribution in [0, 0.1) is 0 Å². The molecule has 2 rings (SSSR count). The first-order chi connectivity index (χ1) is 7.70. The molecule has 84 valence electrons. The Hall–Kier alpha value is -0.570. The van der Waals surface area contributed by atoms with Crippen LogP contribution in [0.25, 0.3) is 10.6 Å². The Labute approximate surface area is 109 Å². The van der Waals surface area contributed by atoms with Gasteiger partial charge in [-0.15, -0.1) is 11.3 Å². The average Bonchev–Trinajstić information content (AvgIpc) is 2.71. The lowest BCUT2D eigenvalue weighted by Crippen LogP contribution is -1.83. The van der Waals surface area contributed by atoms with Crippen molar-refractivity contribution >= 4 is 34.5 Å². The minimum Gasteiger partial charge on any atom is -0.241 e. The standard InChI is InChI=1S/C12H11Cl2NS/c1-2-3-9-7-16-12(15-9)8-4-5-10(13)11(14)6-8/h4-7H,2-3H2,1H3. The Morgan fingerprint density at radius 2 is 2.06 bits per heavy atom. The van der Waals surface area contributed by atoms with Crippen molar-refractivity contribution < 1.29 is 0 Å². The van der Waals surface area contributed by atoms with Crippen LogP contribution in [0.1, 0.15) is 19.0 Å². The summed E-state index contributed by atoms with van der Waals surface area (Å²) in [5, 5.41) is 4.26. The highest BCUT2D eigenvalue weighted by Gasteiger charge is 2.06. The number of rotatable bonds is 3. The van der Waals surface area contributed by atoms with Crippen LogP contribution in [0.3, 0.4) is 0 Å². The van der Waals surface area contributed by atoms with Crippen LogP contribution in [-0.4, -0.2) is 4.98 Å². The molecule has 0 fully saturated rings. The zero-order valence-electron chi connectivity index (χ0n) is 8.84. The van der Waals surface area contributed by atoms with Gasteiger partial charge in [-0.25, -0.2) is 4.98 Å². The number of benzene rings is 1. The van der Waals surface area contributed by atoms with Gasteiger partial charge in [-0.05, 0) is 18.6 Å². The van der Waals surface area contributed by atoms with Crippen LogP contribution in [-0.2, 0) is 6.42 Å². The Bertz CT molecular complexity index is 494. The number of hydrogen-bond acceptors (Lipinski definition) is 2. The van der Waals surface area contributed by atoms with E-state index in [0.717, 1.165) is 29.1 Å². The second kappa shape index (κ2) is 5.17. The van der Waals surface area contributed by atoms with E-state index < -0.39 is 0 Å². The number of aromatic nitrogens is 1. The molecule has 1 nitrogen and oxygen atoms in total. The summed E-state index contributed by atoms with van der Waals surface area (Å²) >= 11 is 13.5. The quantitative estimate of drug-likeness (QED) is 0.760. The van der Waals surface area contributed by atoms with Gasteiger partial charge in [-0.3, -0.25) is 0 Å². The van der Waals surface area contributed by atoms with Crippen LogP contribution < -0.4 is 0 Å². The van der Waals surface area contributed by atoms with Crippen molar-refractivity contribution in [2.45, 2.75) is 19.8 Å². The number of halogens is 2. The molecule has 0 radical (unpaired) electrons. The minimum absolute atomic E-state index is 0.575. The molecule has 0 unspecified atom stereocenters. The molecule has 1 aromatic carbocycles. The van der Waals surface area contributed by atoms with E-state index in [4.69, 9.17) is 23.2 Å². The predicted octanol–water partition coefficient (Wildman–Crippen LogP) is 5.07. The van der Waals surface area contributed by atoms with Gasteiger partial charge in [-0.1, -0.05) is 42.6 Å². The van der Waals surface area contributed by atoms with Crippen molar-refractivity contribution in [3.05, 3.63) is 39.3 Å². The highest BCUT2D eigenvalue weighted by molar-refractivity contribution is 7.13. The van der Waals surface area contributed by atoms with Crippen LogP contribution in [0.2, 0.25) is 10.0 Å². The van der Waals surface area contributed by atoms with Gasteiger partial charge in [0.2, 0.25) is 0 Å². The molecular weight excluding hydrogens is 261 g/mol. The van der Waals surface area contributed by atoms with Crippen LogP contribution in [0.5, 0.6) is 0 Å². The fourth-order valence-corrected chi connectivity index (χ4v) is 2.59. The molecule has 0 aliphatic heterocycles. The number of hydrogen-bond donors (Lipinski definition) is 0. The van der Waals surface area contributed by atoms with E-state index in [1.54, 1.807) is 17.4 Å². The minimum atomic E-state index is 0.575. The van der Waals surface area contributed by atoms with E-state index in [1.165, 1.54) is 0 Å². The molecule has 0 saturated heterocycles. The molecule has 0 aliphatic rings. The molecule has 0 N–H and O–H groups in total. The molecule has 0 amide bonds. The number of thiazole rings is 1. The lowest BCUT2D eigenvalue weighted by atomic mass is 10.2. The lowest BCUT2D eigenvalue weighted by molar-refractivity contribution is 0.894. The highest BCUT2D eigenvalue weighted by atomic mass is 35.5. The number of nitrogens with zero attached hydrogens (tertiary/aromatic N) is 1. The van der Waals surface area contributed by atoms with E-state index in [-0.39, 0.29) is 0 Å². The van der Waals surface area contributed by atoms with Crippen LogP contribution >= 0.6 is 34.5 Å². The van der Waals surface area contributed by atoms with Gasteiger partial charge >= 0.3 is 0 Å². The molecule has 4 heteroatoms. The fourth-order valence-electron chi connectivity index (χ4n) is 1.44. The van der Waals surface area contributed by atoms with E-state index in [9.17, 15) is 0 Å². The average molecular weight is 272 g/mol. The second-order valence-electron chi connectivity index (χ2n) is 3.52. The van der Waals surface area contributed by atoms with Gasteiger partial charge in [-0.2, -0.15) is 0 Å². The molecule has 1 aromatic heterocycles. The first-order valence-electron chi connectivity index (χ1n) is 5.10. The van der Waals surface area contributed by atoms with Crippen molar-refractivity contribution in [1.82, 2.24) is 4.98 Å². The molecule has 16 heavy (non-hydrogen) atoms. The van der Waals surface area contributed by atoms with Crippen molar-refractivity contribution in [2.75, 3.05) is 0 Å². The first-order valence-corrected chi connectivity index (χ1v) is 6.74. The Kier molecular flexibility index (Phi) is 3.85. The highest BCUT2D eigenvalue weighted by Crippen LogP contribution is 2.30. The summed E-state index contributed by atoms with van der Waals surface area (Å²) in [5.41, 5.74) is 2.18. The largest absolute Gasteiger partial charge is 0.241 e. The van der Waals surface area contributed by atoms with Crippen LogP contribution in [0.4, 0.5) is 0 Å². The zero-order chi connectivity index (χ0) is 11.5. The monoisotopic (exact) mass is 271 g/mol. The van der Waals surface area contributed by atoms with Crippen molar-refractivity contribution in [3.63, 3.8) is 0 Å². The Morgan fingerprint density at radius 3 is 2.75 bits per heavy atom. The molecule has 2 aromatic rings. The predicted molar refractivity (Wildman–Crippen MR) is 71.6 cm³/mol. The summed E-state index contributed by atoms with van der Waals surface area (Å²) in [5.74, 6) is 0. The van der Waals surface area contributed by atoms with Gasteiger partial charge in [0.15, 0.2) is 0 Å². The van der Waals surface area contributed by atoms with E-state index in [1.807, 2.05) is 12.1 Å². The fraction of sp³-hybridized carbons (Fsp3) is 0.250. The normalized spacial score (nSPS) is 10.7.